The number of hydrogen-bond acceptors (Lipinski definition) is 3. The van der Waals surface area contributed by atoms with Crippen molar-refractivity contribution >= 4 is 17.3 Å². The molecule has 0 fully saturated rings. The van der Waals surface area contributed by atoms with E-state index in [1.165, 1.54) is 0 Å². The molecule has 0 bridgehead atoms. The highest BCUT2D eigenvalue weighted by Gasteiger charge is 2.10. The first-order valence-corrected chi connectivity index (χ1v) is 7.79. The van der Waals surface area contributed by atoms with Gasteiger partial charge in [-0.05, 0) is 36.2 Å². The van der Waals surface area contributed by atoms with Gasteiger partial charge in [-0.3, -0.25) is 4.98 Å². The van der Waals surface area contributed by atoms with Gasteiger partial charge in [-0.15, -0.1) is 0 Å². The molecule has 1 aromatic heterocycles. The van der Waals surface area contributed by atoms with Gasteiger partial charge in [0.25, 0.3) is 0 Å². The Morgan fingerprint density at radius 2 is 2.04 bits per heavy atom. The molecule has 1 atom stereocenters. The van der Waals surface area contributed by atoms with Crippen LogP contribution in [0, 0.1) is 12.8 Å². The predicted octanol–water partition coefficient (Wildman–Crippen LogP) is 4.98. The van der Waals surface area contributed by atoms with Gasteiger partial charge in [0, 0.05) is 29.2 Å². The molecule has 3 nitrogen and oxygen atoms in total. The molecule has 2 aromatic rings. The van der Waals surface area contributed by atoms with Crippen molar-refractivity contribution in [1.82, 2.24) is 10.3 Å². The molecule has 1 heterocycles. The van der Waals surface area contributed by atoms with Crippen molar-refractivity contribution in [2.45, 2.75) is 13.8 Å². The number of benzene rings is 1. The number of aliphatic hydroxyl groups excluding tert-OH is 1. The largest absolute Gasteiger partial charge is 0.513 e. The number of halogens is 1. The fraction of sp³-hybridized carbons (Fsp3) is 0.211. The first-order chi connectivity index (χ1) is 10.9. The molecule has 2 rings (SSSR count). The Kier molecular flexibility index (Phi) is 5.45. The predicted molar refractivity (Wildman–Crippen MR) is 97.4 cm³/mol. The fourth-order valence-corrected chi connectivity index (χ4v) is 2.38. The van der Waals surface area contributed by atoms with Crippen molar-refractivity contribution in [3.8, 4) is 11.1 Å². The maximum atomic E-state index is 9.35. The lowest BCUT2D eigenvalue weighted by Gasteiger charge is -2.15. The molecule has 0 aliphatic heterocycles. The second-order valence-corrected chi connectivity index (χ2v) is 6.09. The van der Waals surface area contributed by atoms with E-state index in [1.54, 1.807) is 0 Å². The van der Waals surface area contributed by atoms with E-state index in [4.69, 9.17) is 11.6 Å². The van der Waals surface area contributed by atoms with Gasteiger partial charge in [0.2, 0.25) is 0 Å². The van der Waals surface area contributed by atoms with Gasteiger partial charge < -0.3 is 10.4 Å². The molecule has 23 heavy (non-hydrogen) atoms. The lowest BCUT2D eigenvalue weighted by molar-refractivity contribution is 0.342. The highest BCUT2D eigenvalue weighted by Crippen LogP contribution is 2.25. The van der Waals surface area contributed by atoms with Crippen LogP contribution in [0.5, 0.6) is 0 Å². The van der Waals surface area contributed by atoms with Crippen LogP contribution in [0.4, 0.5) is 0 Å². The number of rotatable bonds is 6. The van der Waals surface area contributed by atoms with E-state index < -0.39 is 0 Å². The number of nitrogens with zero attached hydrogens (tertiary/aromatic N) is 1. The van der Waals surface area contributed by atoms with E-state index in [9.17, 15) is 5.11 Å². The summed E-state index contributed by atoms with van der Waals surface area (Å²) in [5.74, 6) is 0.115. The van der Waals surface area contributed by atoms with E-state index in [-0.39, 0.29) is 11.7 Å². The molecular weight excluding hydrogens is 308 g/mol. The van der Waals surface area contributed by atoms with E-state index >= 15 is 0 Å². The molecule has 4 heteroatoms. The number of aryl methyl sites for hydroxylation is 1. The molecule has 0 radical (unpaired) electrons. The highest BCUT2D eigenvalue weighted by atomic mass is 35.5. The van der Waals surface area contributed by atoms with Crippen LogP contribution >= 0.6 is 11.6 Å². The number of aromatic nitrogens is 1. The van der Waals surface area contributed by atoms with Crippen LogP contribution in [0.25, 0.3) is 16.8 Å². The summed E-state index contributed by atoms with van der Waals surface area (Å²) in [6.45, 7) is 12.0. The normalized spacial score (nSPS) is 11.8. The van der Waals surface area contributed by atoms with Crippen LogP contribution in [0.15, 0.2) is 55.4 Å². The summed E-state index contributed by atoms with van der Waals surface area (Å²) in [5.41, 5.74) is 4.61. The molecule has 1 aromatic carbocycles. The smallest absolute Gasteiger partial charge is 0.0896 e. The highest BCUT2D eigenvalue weighted by molar-refractivity contribution is 6.30. The van der Waals surface area contributed by atoms with Gasteiger partial charge >= 0.3 is 0 Å². The fourth-order valence-electron chi connectivity index (χ4n) is 2.19. The second-order valence-electron chi connectivity index (χ2n) is 5.65. The van der Waals surface area contributed by atoms with Crippen molar-refractivity contribution in [3.05, 3.63) is 71.7 Å². The summed E-state index contributed by atoms with van der Waals surface area (Å²) >= 11 is 6.04. The van der Waals surface area contributed by atoms with Crippen LogP contribution < -0.4 is 5.32 Å². The number of pyridine rings is 1. The molecule has 1 unspecified atom stereocenters. The minimum Gasteiger partial charge on any atom is -0.513 e. The molecule has 0 aliphatic rings. The Bertz CT molecular complexity index is 740. The van der Waals surface area contributed by atoms with Gasteiger partial charge in [-0.25, -0.2) is 0 Å². The van der Waals surface area contributed by atoms with Crippen molar-refractivity contribution in [3.63, 3.8) is 0 Å². The SMILES string of the molecule is C=C(NCC(C)C(=C)O)c1ncc(-c2cccc(Cl)c2)cc1C. The van der Waals surface area contributed by atoms with E-state index in [0.717, 1.165) is 28.1 Å². The zero-order chi connectivity index (χ0) is 17.0. The van der Waals surface area contributed by atoms with Crippen LogP contribution in [0.2, 0.25) is 5.02 Å². The third-order valence-electron chi connectivity index (χ3n) is 3.71. The van der Waals surface area contributed by atoms with Gasteiger partial charge in [0.05, 0.1) is 17.2 Å². The second kappa shape index (κ2) is 7.34. The third-order valence-corrected chi connectivity index (χ3v) is 3.95. The van der Waals surface area contributed by atoms with Crippen LogP contribution in [-0.4, -0.2) is 16.6 Å². The van der Waals surface area contributed by atoms with E-state index in [0.29, 0.717) is 11.6 Å². The zero-order valence-corrected chi connectivity index (χ0v) is 14.2. The molecule has 2 N–H and O–H groups in total. The van der Waals surface area contributed by atoms with Gasteiger partial charge in [-0.2, -0.15) is 0 Å². The average Bonchev–Trinajstić information content (AvgIpc) is 2.52. The Morgan fingerprint density at radius 1 is 1.30 bits per heavy atom. The summed E-state index contributed by atoms with van der Waals surface area (Å²) in [7, 11) is 0. The molecule has 0 saturated heterocycles. The maximum absolute atomic E-state index is 9.35. The van der Waals surface area contributed by atoms with Crippen LogP contribution in [0.1, 0.15) is 18.2 Å². The first-order valence-electron chi connectivity index (χ1n) is 7.42. The lowest BCUT2D eigenvalue weighted by Crippen LogP contribution is -2.21. The summed E-state index contributed by atoms with van der Waals surface area (Å²) in [4.78, 5) is 4.52. The average molecular weight is 329 g/mol. The summed E-state index contributed by atoms with van der Waals surface area (Å²) in [5, 5.41) is 13.2. The topological polar surface area (TPSA) is 45.1 Å². The number of aliphatic hydroxyl groups is 1. The third kappa shape index (κ3) is 4.36. The van der Waals surface area contributed by atoms with Crippen LogP contribution in [-0.2, 0) is 0 Å². The number of hydrogen-bond donors (Lipinski definition) is 2. The van der Waals surface area contributed by atoms with Crippen molar-refractivity contribution in [1.29, 1.82) is 0 Å². The van der Waals surface area contributed by atoms with Crippen LogP contribution in [0.3, 0.4) is 0 Å². The van der Waals surface area contributed by atoms with E-state index in [2.05, 4.69) is 29.5 Å². The summed E-state index contributed by atoms with van der Waals surface area (Å²) in [6.07, 6.45) is 1.81. The Hall–Kier alpha value is -2.26. The van der Waals surface area contributed by atoms with E-state index in [1.807, 2.05) is 44.3 Å². The summed E-state index contributed by atoms with van der Waals surface area (Å²) in [6, 6.07) is 9.75. The lowest BCUT2D eigenvalue weighted by atomic mass is 10.0. The number of nitrogens with one attached hydrogen (secondary N) is 1. The Morgan fingerprint density at radius 3 is 2.65 bits per heavy atom. The zero-order valence-electron chi connectivity index (χ0n) is 13.4. The van der Waals surface area contributed by atoms with Gasteiger partial charge in [0.1, 0.15) is 0 Å². The maximum Gasteiger partial charge on any atom is 0.0896 e. The molecule has 0 aliphatic carbocycles. The standard InChI is InChI=1S/C19H21ClN2O/c1-12-8-17(16-6-5-7-18(20)9-16)11-22-19(12)14(3)21-10-13(2)15(4)23/h5-9,11,13,21,23H,3-4,10H2,1-2H3. The molecule has 0 spiro atoms. The van der Waals surface area contributed by atoms with Gasteiger partial charge in [-0.1, -0.05) is 43.8 Å². The van der Waals surface area contributed by atoms with Crippen molar-refractivity contribution in [2.24, 2.45) is 5.92 Å². The molecule has 120 valence electrons. The Labute approximate surface area is 142 Å². The first kappa shape index (κ1) is 17.1. The molecule has 0 amide bonds. The summed E-state index contributed by atoms with van der Waals surface area (Å²) < 4.78 is 0. The minimum atomic E-state index is -0.0437. The molecular formula is C19H21ClN2O. The monoisotopic (exact) mass is 328 g/mol. The quantitative estimate of drug-likeness (QED) is 0.735. The molecule has 0 saturated carbocycles. The van der Waals surface area contributed by atoms with Gasteiger partial charge in [0.15, 0.2) is 0 Å². The Balaban J connectivity index is 2.16. The minimum absolute atomic E-state index is 0.0437. The van der Waals surface area contributed by atoms with Crippen molar-refractivity contribution in [2.75, 3.05) is 6.54 Å². The van der Waals surface area contributed by atoms with Crippen molar-refractivity contribution < 1.29 is 5.11 Å².